The minimum atomic E-state index is -0.403. The molecular formula is C20H17NO4. The Morgan fingerprint density at radius 2 is 1.32 bits per heavy atom. The van der Waals surface area contributed by atoms with E-state index in [2.05, 4.69) is 0 Å². The molecule has 0 heterocycles. The Labute approximate surface area is 145 Å². The van der Waals surface area contributed by atoms with Gasteiger partial charge >= 0.3 is 0 Å². The molecule has 5 heteroatoms. The highest BCUT2D eigenvalue weighted by Crippen LogP contribution is 2.25. The van der Waals surface area contributed by atoms with Gasteiger partial charge in [0.2, 0.25) is 0 Å². The van der Waals surface area contributed by atoms with Crippen LogP contribution >= 0.6 is 0 Å². The van der Waals surface area contributed by atoms with E-state index in [9.17, 15) is 10.1 Å². The highest BCUT2D eigenvalue weighted by Gasteiger charge is 2.05. The largest absolute Gasteiger partial charge is 0.497 e. The third-order valence-corrected chi connectivity index (χ3v) is 3.83. The van der Waals surface area contributed by atoms with Crippen molar-refractivity contribution in [3.8, 4) is 22.6 Å². The normalized spacial score (nSPS) is 10.3. The zero-order valence-electron chi connectivity index (χ0n) is 13.7. The number of nitro benzene ring substituents is 1. The van der Waals surface area contributed by atoms with Crippen LogP contribution in [0.4, 0.5) is 5.69 Å². The first-order chi connectivity index (χ1) is 12.2. The van der Waals surface area contributed by atoms with Crippen molar-refractivity contribution >= 4 is 5.69 Å². The number of hydrogen-bond donors (Lipinski definition) is 0. The van der Waals surface area contributed by atoms with Gasteiger partial charge in [-0.3, -0.25) is 10.1 Å². The van der Waals surface area contributed by atoms with Crippen LogP contribution < -0.4 is 9.47 Å². The van der Waals surface area contributed by atoms with Gasteiger partial charge in [0.25, 0.3) is 5.69 Å². The van der Waals surface area contributed by atoms with E-state index in [0.29, 0.717) is 6.61 Å². The van der Waals surface area contributed by atoms with Gasteiger partial charge in [0.05, 0.1) is 12.0 Å². The van der Waals surface area contributed by atoms with Gasteiger partial charge in [-0.15, -0.1) is 0 Å². The lowest BCUT2D eigenvalue weighted by atomic mass is 10.1. The van der Waals surface area contributed by atoms with E-state index in [-0.39, 0.29) is 5.69 Å². The lowest BCUT2D eigenvalue weighted by Gasteiger charge is -2.08. The summed E-state index contributed by atoms with van der Waals surface area (Å²) < 4.78 is 10.9. The van der Waals surface area contributed by atoms with Crippen molar-refractivity contribution in [1.29, 1.82) is 0 Å². The zero-order valence-corrected chi connectivity index (χ0v) is 13.7. The van der Waals surface area contributed by atoms with E-state index >= 15 is 0 Å². The number of methoxy groups -OCH3 is 1. The Hall–Kier alpha value is -3.34. The van der Waals surface area contributed by atoms with Crippen molar-refractivity contribution in [3.63, 3.8) is 0 Å². The third-order valence-electron chi connectivity index (χ3n) is 3.83. The van der Waals surface area contributed by atoms with Crippen LogP contribution in [0.1, 0.15) is 5.56 Å². The molecule has 0 N–H and O–H groups in total. The van der Waals surface area contributed by atoms with Crippen LogP contribution in [0, 0.1) is 10.1 Å². The molecule has 0 aliphatic carbocycles. The van der Waals surface area contributed by atoms with Crippen LogP contribution in [0.5, 0.6) is 11.5 Å². The van der Waals surface area contributed by atoms with Gasteiger partial charge in [-0.25, -0.2) is 0 Å². The van der Waals surface area contributed by atoms with Crippen molar-refractivity contribution in [2.45, 2.75) is 6.61 Å². The first-order valence-electron chi connectivity index (χ1n) is 7.76. The monoisotopic (exact) mass is 335 g/mol. The Morgan fingerprint density at radius 3 is 1.84 bits per heavy atom. The summed E-state index contributed by atoms with van der Waals surface area (Å²) in [4.78, 5) is 10.3. The van der Waals surface area contributed by atoms with Crippen molar-refractivity contribution in [3.05, 3.63) is 88.5 Å². The number of ether oxygens (including phenoxy) is 2. The highest BCUT2D eigenvalue weighted by atomic mass is 16.6. The van der Waals surface area contributed by atoms with Gasteiger partial charge in [0.15, 0.2) is 0 Å². The number of benzene rings is 3. The summed E-state index contributed by atoms with van der Waals surface area (Å²) in [6.07, 6.45) is 0. The Kier molecular flexibility index (Phi) is 4.95. The van der Waals surface area contributed by atoms with Gasteiger partial charge in [0.1, 0.15) is 18.1 Å². The SMILES string of the molecule is COc1ccc(COc2ccc(-c3ccc([N+](=O)[O-])cc3)cc2)cc1. The molecule has 0 saturated carbocycles. The maximum Gasteiger partial charge on any atom is 0.269 e. The summed E-state index contributed by atoms with van der Waals surface area (Å²) in [6, 6.07) is 21.9. The minimum absolute atomic E-state index is 0.0863. The third kappa shape index (κ3) is 4.14. The Balaban J connectivity index is 1.64. The average molecular weight is 335 g/mol. The minimum Gasteiger partial charge on any atom is -0.497 e. The first kappa shape index (κ1) is 16.5. The highest BCUT2D eigenvalue weighted by molar-refractivity contribution is 5.65. The molecule has 3 aromatic carbocycles. The van der Waals surface area contributed by atoms with Crippen LogP contribution in [0.2, 0.25) is 0 Å². The molecule has 0 aliphatic rings. The van der Waals surface area contributed by atoms with E-state index in [1.165, 1.54) is 12.1 Å². The fourth-order valence-electron chi connectivity index (χ4n) is 2.41. The Morgan fingerprint density at radius 1 is 0.800 bits per heavy atom. The maximum absolute atomic E-state index is 10.7. The molecule has 0 aliphatic heterocycles. The summed E-state index contributed by atoms with van der Waals surface area (Å²) in [6.45, 7) is 0.473. The van der Waals surface area contributed by atoms with E-state index in [0.717, 1.165) is 28.2 Å². The average Bonchev–Trinajstić information content (AvgIpc) is 2.67. The molecule has 0 saturated heterocycles. The molecule has 0 fully saturated rings. The maximum atomic E-state index is 10.7. The standard InChI is InChI=1S/C20H17NO4/c1-24-19-10-2-15(3-11-19)14-25-20-12-6-17(7-13-20)16-4-8-18(9-5-16)21(22)23/h2-13H,14H2,1H3. The second-order valence-corrected chi connectivity index (χ2v) is 5.47. The molecule has 25 heavy (non-hydrogen) atoms. The molecular weight excluding hydrogens is 318 g/mol. The summed E-state index contributed by atoms with van der Waals surface area (Å²) in [7, 11) is 1.64. The lowest BCUT2D eigenvalue weighted by Crippen LogP contribution is -1.95. The van der Waals surface area contributed by atoms with Gasteiger partial charge in [0, 0.05) is 12.1 Å². The summed E-state index contributed by atoms with van der Waals surface area (Å²) in [5.74, 6) is 1.58. The quantitative estimate of drug-likeness (QED) is 0.477. The first-order valence-corrected chi connectivity index (χ1v) is 7.76. The van der Waals surface area contributed by atoms with Crippen LogP contribution in [0.25, 0.3) is 11.1 Å². The van der Waals surface area contributed by atoms with Crippen molar-refractivity contribution in [1.82, 2.24) is 0 Å². The van der Waals surface area contributed by atoms with E-state index in [1.807, 2.05) is 48.5 Å². The van der Waals surface area contributed by atoms with Crippen molar-refractivity contribution in [2.24, 2.45) is 0 Å². The number of nitrogens with zero attached hydrogens (tertiary/aromatic N) is 1. The molecule has 0 aromatic heterocycles. The van der Waals surface area contributed by atoms with Crippen molar-refractivity contribution < 1.29 is 14.4 Å². The Bertz CT molecular complexity index is 840. The summed E-state index contributed by atoms with van der Waals surface area (Å²) in [5, 5.41) is 10.7. The zero-order chi connectivity index (χ0) is 17.6. The van der Waals surface area contributed by atoms with Gasteiger partial charge in [-0.2, -0.15) is 0 Å². The predicted molar refractivity (Wildman–Crippen MR) is 95.9 cm³/mol. The molecule has 5 nitrogen and oxygen atoms in total. The van der Waals surface area contributed by atoms with E-state index < -0.39 is 4.92 Å². The summed E-state index contributed by atoms with van der Waals surface area (Å²) in [5.41, 5.74) is 3.04. The van der Waals surface area contributed by atoms with Crippen LogP contribution in [0.3, 0.4) is 0 Å². The summed E-state index contributed by atoms with van der Waals surface area (Å²) >= 11 is 0. The van der Waals surface area contributed by atoms with Crippen LogP contribution in [-0.4, -0.2) is 12.0 Å². The van der Waals surface area contributed by atoms with Gasteiger partial charge < -0.3 is 9.47 Å². The fourth-order valence-corrected chi connectivity index (χ4v) is 2.41. The molecule has 3 rings (SSSR count). The molecule has 0 bridgehead atoms. The van der Waals surface area contributed by atoms with Gasteiger partial charge in [-0.05, 0) is 53.1 Å². The molecule has 0 radical (unpaired) electrons. The van der Waals surface area contributed by atoms with E-state index in [4.69, 9.17) is 9.47 Å². The molecule has 0 unspecified atom stereocenters. The molecule has 0 spiro atoms. The second-order valence-electron chi connectivity index (χ2n) is 5.47. The molecule has 0 amide bonds. The fraction of sp³-hybridized carbons (Fsp3) is 0.100. The van der Waals surface area contributed by atoms with Crippen molar-refractivity contribution in [2.75, 3.05) is 7.11 Å². The van der Waals surface area contributed by atoms with Crippen LogP contribution in [0.15, 0.2) is 72.8 Å². The number of non-ortho nitro benzene ring substituents is 1. The predicted octanol–water partition coefficient (Wildman–Crippen LogP) is 4.85. The number of rotatable bonds is 6. The lowest BCUT2D eigenvalue weighted by molar-refractivity contribution is -0.384. The second kappa shape index (κ2) is 7.49. The van der Waals surface area contributed by atoms with Gasteiger partial charge in [-0.1, -0.05) is 24.3 Å². The topological polar surface area (TPSA) is 61.6 Å². The van der Waals surface area contributed by atoms with E-state index in [1.54, 1.807) is 19.2 Å². The molecule has 0 atom stereocenters. The molecule has 3 aromatic rings. The number of hydrogen-bond acceptors (Lipinski definition) is 4. The van der Waals surface area contributed by atoms with Crippen LogP contribution in [-0.2, 0) is 6.61 Å². The smallest absolute Gasteiger partial charge is 0.269 e. The molecule has 126 valence electrons. The number of nitro groups is 1.